The Hall–Kier alpha value is -7.94. The number of anilines is 1. The molecule has 0 spiro atoms. The zero-order chi connectivity index (χ0) is 60.9. The molecule has 0 saturated carbocycles. The molecule has 1 aliphatic carbocycles. The number of unbranched alkanes of at least 4 members (excludes halogenated alkanes) is 1. The molecule has 84 heavy (non-hydrogen) atoms. The van der Waals surface area contributed by atoms with Gasteiger partial charge in [0.05, 0.1) is 9.85 Å². The number of carbonyl (C=O) groups excluding carboxylic acids is 2. The van der Waals surface area contributed by atoms with Gasteiger partial charge in [-0.05, 0) is 157 Å². The predicted molar refractivity (Wildman–Crippen MR) is 340 cm³/mol. The summed E-state index contributed by atoms with van der Waals surface area (Å²) in [6, 6.07) is 29.7. The molecule has 2 aliphatic rings. The van der Waals surface area contributed by atoms with Crippen LogP contribution in [-0.2, 0) is 35.8 Å². The van der Waals surface area contributed by atoms with Crippen LogP contribution in [0.4, 0.5) is 17.1 Å². The molecule has 0 saturated heterocycles. The van der Waals surface area contributed by atoms with Crippen LogP contribution >= 0.6 is 0 Å². The Balaban J connectivity index is 1.38. The number of nitrogens with zero attached hydrogens (tertiary/aromatic N) is 6. The number of nitro benzene ring substituents is 2. The summed E-state index contributed by atoms with van der Waals surface area (Å²) >= 11 is 0. The average molecular weight is 1150 g/mol. The van der Waals surface area contributed by atoms with Gasteiger partial charge < -0.3 is 30.3 Å². The van der Waals surface area contributed by atoms with E-state index in [9.17, 15) is 49.9 Å². The fourth-order valence-corrected chi connectivity index (χ4v) is 14.6. The fraction of sp³-hybridized carbons (Fsp3) is 0.297. The maximum Gasteiger partial charge on any atom is 0.489 e. The summed E-state index contributed by atoms with van der Waals surface area (Å²) in [5.74, 6) is -0.308. The molecule has 0 aromatic heterocycles. The number of nitro groups is 2. The highest BCUT2D eigenvalue weighted by Gasteiger charge is 2.41. The molecule has 5 N–H and O–H groups in total. The van der Waals surface area contributed by atoms with E-state index < -0.39 is 32.2 Å². The smallest absolute Gasteiger partial charge is 0.423 e. The first-order valence-electron chi connectivity index (χ1n) is 28.2. The van der Waals surface area contributed by atoms with Gasteiger partial charge in [-0.15, -0.1) is 0 Å². The van der Waals surface area contributed by atoms with Gasteiger partial charge in [-0.25, -0.2) is 4.58 Å². The summed E-state index contributed by atoms with van der Waals surface area (Å²) in [5.41, 5.74) is 9.74. The van der Waals surface area contributed by atoms with Crippen LogP contribution in [-0.4, -0.2) is 132 Å². The molecule has 8 rings (SSSR count). The van der Waals surface area contributed by atoms with Gasteiger partial charge in [-0.2, -0.15) is 0 Å². The Kier molecular flexibility index (Phi) is 19.5. The predicted octanol–water partition coefficient (Wildman–Crippen LogP) is 7.12. The van der Waals surface area contributed by atoms with Gasteiger partial charge in [0.2, 0.25) is 5.91 Å². The van der Waals surface area contributed by atoms with E-state index in [2.05, 4.69) is 146 Å². The van der Waals surface area contributed by atoms with E-state index in [-0.39, 0.29) is 47.1 Å². The molecule has 0 radical (unpaired) electrons. The quantitative estimate of drug-likeness (QED) is 0.00734. The maximum absolute atomic E-state index is 12.8. The SMILES string of the molecule is C=C(C)C(=O)CCCCN(Cc1ccc([N+](=O)[O-])cc1B(O)O)Cc1c2ccccc2c(CN(CCCNC(=O)C(=C)C)Cc2ccc([N+](=O)[O-])cc2B(O)O)c2ccc(C3=C4C=CC(=[N+](C)C)C=C4[Si](C)(C)c4cc(N(C)C)ccc43)cc12. The number of hydrogen-bond acceptors (Lipinski definition) is 13. The van der Waals surface area contributed by atoms with Crippen LogP contribution in [0.2, 0.25) is 13.1 Å². The number of ketones is 1. The highest BCUT2D eigenvalue weighted by molar-refractivity contribution is 6.98. The summed E-state index contributed by atoms with van der Waals surface area (Å²) in [6.07, 6.45) is 8.69. The lowest BCUT2D eigenvalue weighted by Gasteiger charge is -2.38. The van der Waals surface area contributed by atoms with E-state index in [1.807, 2.05) is 12.1 Å². The van der Waals surface area contributed by atoms with Crippen molar-refractivity contribution in [1.29, 1.82) is 0 Å². The summed E-state index contributed by atoms with van der Waals surface area (Å²) < 4.78 is 2.13. The molecule has 0 bridgehead atoms. The normalized spacial score (nSPS) is 13.5. The average Bonchev–Trinajstić information content (AvgIpc) is 1.06. The highest BCUT2D eigenvalue weighted by Crippen LogP contribution is 2.44. The Bertz CT molecular complexity index is 3770. The second kappa shape index (κ2) is 26.3. The fourth-order valence-electron chi connectivity index (χ4n) is 11.6. The maximum atomic E-state index is 12.8. The van der Waals surface area contributed by atoms with Crippen molar-refractivity contribution >= 4 is 100 Å². The van der Waals surface area contributed by atoms with E-state index in [4.69, 9.17) is 0 Å². The van der Waals surface area contributed by atoms with E-state index in [0.29, 0.717) is 80.7 Å². The van der Waals surface area contributed by atoms with Crippen LogP contribution in [0.3, 0.4) is 0 Å². The number of benzene rings is 6. The van der Waals surface area contributed by atoms with E-state index in [1.165, 1.54) is 34.6 Å². The molecular formula is C64H74B2N7O10Si+. The van der Waals surface area contributed by atoms with Crippen molar-refractivity contribution < 1.29 is 44.1 Å². The van der Waals surface area contributed by atoms with Gasteiger partial charge >= 0.3 is 14.2 Å². The first-order valence-corrected chi connectivity index (χ1v) is 31.2. The van der Waals surface area contributed by atoms with E-state index in [1.54, 1.807) is 26.0 Å². The number of hydrogen-bond donors (Lipinski definition) is 5. The number of non-ortho nitro benzene ring substituents is 2. The lowest BCUT2D eigenvalue weighted by atomic mass is 9.76. The summed E-state index contributed by atoms with van der Waals surface area (Å²) in [5, 5.41) is 75.9. The third-order valence-corrected chi connectivity index (χ3v) is 19.7. The molecule has 1 amide bonds. The first-order chi connectivity index (χ1) is 39.9. The van der Waals surface area contributed by atoms with Crippen molar-refractivity contribution in [2.24, 2.45) is 0 Å². The third kappa shape index (κ3) is 13.7. The number of carbonyl (C=O) groups is 2. The number of allylic oxidation sites excluding steroid dienone is 6. The van der Waals surface area contributed by atoms with Crippen LogP contribution in [0.1, 0.15) is 72.9 Å². The molecule has 434 valence electrons. The van der Waals surface area contributed by atoms with Gasteiger partial charge in [-0.3, -0.25) is 39.6 Å². The second-order valence-electron chi connectivity index (χ2n) is 23.0. The van der Waals surface area contributed by atoms with Gasteiger partial charge in [0.25, 0.3) is 11.4 Å². The number of fused-ring (bicyclic) bond motifs is 4. The van der Waals surface area contributed by atoms with Gasteiger partial charge in [0.15, 0.2) is 11.5 Å². The Labute approximate surface area is 492 Å². The molecule has 0 fully saturated rings. The molecule has 6 aromatic carbocycles. The van der Waals surface area contributed by atoms with Crippen molar-refractivity contribution in [3.63, 3.8) is 0 Å². The summed E-state index contributed by atoms with van der Waals surface area (Å²) in [7, 11) is 1.85. The molecule has 0 atom stereocenters. The minimum atomic E-state index is -2.36. The van der Waals surface area contributed by atoms with Crippen LogP contribution in [0, 0.1) is 20.2 Å². The van der Waals surface area contributed by atoms with Crippen LogP contribution < -0.4 is 26.3 Å². The van der Waals surface area contributed by atoms with Crippen molar-refractivity contribution in [2.75, 3.05) is 52.7 Å². The molecule has 20 heteroatoms. The van der Waals surface area contributed by atoms with Crippen molar-refractivity contribution in [2.45, 2.75) is 78.8 Å². The summed E-state index contributed by atoms with van der Waals surface area (Å²) in [4.78, 5) is 54.7. The summed E-state index contributed by atoms with van der Waals surface area (Å²) in [6.45, 7) is 17.9. The Morgan fingerprint density at radius 1 is 0.667 bits per heavy atom. The third-order valence-electron chi connectivity index (χ3n) is 16.2. The zero-order valence-electron chi connectivity index (χ0n) is 49.2. The largest absolute Gasteiger partial charge is 0.489 e. The Morgan fingerprint density at radius 3 is 1.75 bits per heavy atom. The topological polar surface area (TPSA) is 226 Å². The minimum Gasteiger partial charge on any atom is -0.423 e. The number of amides is 1. The molecule has 17 nitrogen and oxygen atoms in total. The van der Waals surface area contributed by atoms with Gasteiger partial charge in [0, 0.05) is 107 Å². The molecule has 0 unspecified atom stereocenters. The molecule has 1 aliphatic heterocycles. The van der Waals surface area contributed by atoms with Crippen LogP contribution in [0.15, 0.2) is 150 Å². The van der Waals surface area contributed by atoms with Gasteiger partial charge in [-0.1, -0.05) is 80.8 Å². The minimum absolute atomic E-state index is 0.000170. The molecule has 6 aromatic rings. The van der Waals surface area contributed by atoms with Crippen molar-refractivity contribution in [3.8, 4) is 0 Å². The van der Waals surface area contributed by atoms with Crippen molar-refractivity contribution in [3.05, 3.63) is 204 Å². The van der Waals surface area contributed by atoms with Gasteiger partial charge in [0.1, 0.15) is 22.2 Å². The molecular weight excluding hydrogens is 1080 g/mol. The standard InChI is InChI=1S/C64H73B2N7O10Si/c1-41(2)60(74)18-13-14-30-70(37-44-19-22-48(72(80)81)33-58(44)65(76)77)40-57-51-17-12-11-16-50(51)56(39-71(31-15-29-67-64(75)42(3)4)38-45-20-23-49(73(82)83)34-59(45)66(78)79)52-26-21-43(32-55(52)57)63-53-27-24-46(68(5)6)35-61(53)84(9,10)62-36-47(69(7)8)25-28-54(62)63/h11-12,16-17,19-28,32-36,76-79H,1,3,13-15,18,29-31,37-40H2,2,4-10H3/p+1. The second-order valence-corrected chi connectivity index (χ2v) is 27.3. The lowest BCUT2D eigenvalue weighted by molar-refractivity contribution is -0.462. The monoisotopic (exact) mass is 1150 g/mol. The Morgan fingerprint density at radius 2 is 1.23 bits per heavy atom. The van der Waals surface area contributed by atoms with E-state index in [0.717, 1.165) is 66.3 Å². The van der Waals surface area contributed by atoms with E-state index >= 15 is 0 Å². The first kappa shape index (κ1) is 62.1. The number of Topliss-reactive ketones (excluding diaryl/α,β-unsaturated/α-hetero) is 1. The number of rotatable bonds is 25. The highest BCUT2D eigenvalue weighted by atomic mass is 28.3. The molecule has 1 heterocycles. The number of nitrogens with one attached hydrogen (secondary N) is 1. The lowest BCUT2D eigenvalue weighted by Crippen LogP contribution is -2.49. The van der Waals surface area contributed by atoms with Crippen LogP contribution in [0.25, 0.3) is 27.1 Å². The van der Waals surface area contributed by atoms with Crippen LogP contribution in [0.5, 0.6) is 0 Å². The van der Waals surface area contributed by atoms with Crippen molar-refractivity contribution in [1.82, 2.24) is 15.1 Å². The zero-order valence-corrected chi connectivity index (χ0v) is 50.2.